The Bertz CT molecular complexity index is 445. The number of anilines is 1. The van der Waals surface area contributed by atoms with E-state index < -0.39 is 18.0 Å². The summed E-state index contributed by atoms with van der Waals surface area (Å²) in [6.45, 7) is 3.72. The third-order valence-corrected chi connectivity index (χ3v) is 2.58. The van der Waals surface area contributed by atoms with Crippen LogP contribution in [0, 0.1) is 0 Å². The topological polar surface area (TPSA) is 78.6 Å². The van der Waals surface area contributed by atoms with Gasteiger partial charge in [-0.15, -0.1) is 0 Å². The molecule has 0 aromatic heterocycles. The first-order valence-corrected chi connectivity index (χ1v) is 6.28. The van der Waals surface area contributed by atoms with Gasteiger partial charge >= 0.3 is 11.9 Å². The van der Waals surface area contributed by atoms with Crippen LogP contribution >= 0.6 is 0 Å². The summed E-state index contributed by atoms with van der Waals surface area (Å²) < 4.78 is 9.93. The molecule has 1 aromatic rings. The summed E-state index contributed by atoms with van der Waals surface area (Å²) in [6, 6.07) is 7.05. The van der Waals surface area contributed by atoms with E-state index in [9.17, 15) is 9.59 Å². The van der Waals surface area contributed by atoms with Crippen LogP contribution in [0.1, 0.15) is 25.8 Å². The van der Waals surface area contributed by atoms with Gasteiger partial charge in [0.2, 0.25) is 0 Å². The second kappa shape index (κ2) is 7.41. The van der Waals surface area contributed by atoms with Crippen molar-refractivity contribution in [3.8, 4) is 0 Å². The molecule has 0 saturated carbocycles. The first kappa shape index (κ1) is 15.0. The summed E-state index contributed by atoms with van der Waals surface area (Å²) in [4.78, 5) is 23.3. The normalized spacial score (nSPS) is 11.7. The molecule has 0 spiro atoms. The number of nitrogen functional groups attached to an aromatic ring is 1. The molecule has 0 amide bonds. The fourth-order valence-electron chi connectivity index (χ4n) is 1.58. The van der Waals surface area contributed by atoms with Gasteiger partial charge < -0.3 is 15.2 Å². The largest absolute Gasteiger partial charge is 0.463 e. The van der Waals surface area contributed by atoms with Gasteiger partial charge in [-0.1, -0.05) is 25.1 Å². The Balaban J connectivity index is 2.59. The highest BCUT2D eigenvalue weighted by molar-refractivity contribution is 5.81. The van der Waals surface area contributed by atoms with E-state index in [1.54, 1.807) is 38.1 Å². The zero-order valence-corrected chi connectivity index (χ0v) is 11.2. The first-order chi connectivity index (χ1) is 9.08. The standard InChI is InChI=1S/C14H19NO4/c1-3-12(14(17)18-4-2)19-13(16)9-10-7-5-6-8-11(10)15/h5-8,12H,3-4,9,15H2,1-2H3. The number of benzene rings is 1. The molecule has 0 fully saturated rings. The minimum atomic E-state index is -0.850. The van der Waals surface area contributed by atoms with Crippen LogP contribution in [0.5, 0.6) is 0 Å². The third kappa shape index (κ3) is 4.62. The minimum absolute atomic E-state index is 0.0442. The van der Waals surface area contributed by atoms with Crippen molar-refractivity contribution in [2.24, 2.45) is 0 Å². The van der Waals surface area contributed by atoms with Gasteiger partial charge in [0, 0.05) is 5.69 Å². The van der Waals surface area contributed by atoms with Gasteiger partial charge in [0.15, 0.2) is 6.10 Å². The smallest absolute Gasteiger partial charge is 0.347 e. The molecule has 104 valence electrons. The Kier molecular flexibility index (Phi) is 5.85. The lowest BCUT2D eigenvalue weighted by Crippen LogP contribution is -2.29. The summed E-state index contributed by atoms with van der Waals surface area (Å²) in [5.74, 6) is -1.00. The van der Waals surface area contributed by atoms with E-state index in [2.05, 4.69) is 0 Å². The highest BCUT2D eigenvalue weighted by atomic mass is 16.6. The molecule has 5 heteroatoms. The molecule has 5 nitrogen and oxygen atoms in total. The van der Waals surface area contributed by atoms with E-state index in [1.165, 1.54) is 0 Å². The van der Waals surface area contributed by atoms with Crippen LogP contribution in [-0.2, 0) is 25.5 Å². The second-order valence-electron chi connectivity index (χ2n) is 4.01. The molecule has 2 N–H and O–H groups in total. The van der Waals surface area contributed by atoms with Crippen molar-refractivity contribution in [1.82, 2.24) is 0 Å². The number of nitrogens with two attached hydrogens (primary N) is 1. The summed E-state index contributed by atoms with van der Waals surface area (Å²) >= 11 is 0. The lowest BCUT2D eigenvalue weighted by Gasteiger charge is -2.15. The van der Waals surface area contributed by atoms with Gasteiger partial charge in [-0.25, -0.2) is 4.79 Å². The first-order valence-electron chi connectivity index (χ1n) is 6.28. The number of esters is 2. The van der Waals surface area contributed by atoms with E-state index in [4.69, 9.17) is 15.2 Å². The van der Waals surface area contributed by atoms with E-state index in [1.807, 2.05) is 0 Å². The SMILES string of the molecule is CCOC(=O)C(CC)OC(=O)Cc1ccccc1N. The maximum Gasteiger partial charge on any atom is 0.347 e. The van der Waals surface area contributed by atoms with Crippen molar-refractivity contribution in [3.63, 3.8) is 0 Å². The highest BCUT2D eigenvalue weighted by Crippen LogP contribution is 2.13. The Labute approximate surface area is 112 Å². The van der Waals surface area contributed by atoms with Gasteiger partial charge in [0.05, 0.1) is 13.0 Å². The molecule has 1 rings (SSSR count). The van der Waals surface area contributed by atoms with Crippen molar-refractivity contribution in [3.05, 3.63) is 29.8 Å². The lowest BCUT2D eigenvalue weighted by atomic mass is 10.1. The quantitative estimate of drug-likeness (QED) is 0.625. The van der Waals surface area contributed by atoms with Crippen LogP contribution in [0.3, 0.4) is 0 Å². The number of carbonyl (C=O) groups excluding carboxylic acids is 2. The number of rotatable bonds is 6. The number of hydrogen-bond acceptors (Lipinski definition) is 5. The molecular weight excluding hydrogens is 246 g/mol. The molecule has 19 heavy (non-hydrogen) atoms. The van der Waals surface area contributed by atoms with Gasteiger partial charge in [-0.3, -0.25) is 4.79 Å². The predicted octanol–water partition coefficient (Wildman–Crippen LogP) is 1.70. The van der Waals surface area contributed by atoms with E-state index in [-0.39, 0.29) is 13.0 Å². The van der Waals surface area contributed by atoms with Gasteiger partial charge in [0.25, 0.3) is 0 Å². The van der Waals surface area contributed by atoms with Gasteiger partial charge in [0.1, 0.15) is 0 Å². The van der Waals surface area contributed by atoms with Crippen LogP contribution in [0.4, 0.5) is 5.69 Å². The fourth-order valence-corrected chi connectivity index (χ4v) is 1.58. The molecule has 0 aliphatic carbocycles. The molecule has 0 heterocycles. The number of carbonyl (C=O) groups is 2. The third-order valence-electron chi connectivity index (χ3n) is 2.58. The average Bonchev–Trinajstić information content (AvgIpc) is 2.39. The molecule has 0 bridgehead atoms. The monoisotopic (exact) mass is 265 g/mol. The summed E-state index contributed by atoms with van der Waals surface area (Å²) in [6.07, 6.45) is -0.422. The molecule has 0 saturated heterocycles. The molecule has 0 radical (unpaired) electrons. The Morgan fingerprint density at radius 2 is 1.95 bits per heavy atom. The van der Waals surface area contributed by atoms with Crippen LogP contribution in [0.2, 0.25) is 0 Å². The van der Waals surface area contributed by atoms with Gasteiger partial charge in [-0.2, -0.15) is 0 Å². The summed E-state index contributed by atoms with van der Waals surface area (Å²) in [7, 11) is 0. The van der Waals surface area contributed by atoms with Crippen molar-refractivity contribution < 1.29 is 19.1 Å². The van der Waals surface area contributed by atoms with E-state index >= 15 is 0 Å². The molecular formula is C14H19NO4. The average molecular weight is 265 g/mol. The molecule has 0 aliphatic rings. The van der Waals surface area contributed by atoms with E-state index in [0.717, 1.165) is 0 Å². The highest BCUT2D eigenvalue weighted by Gasteiger charge is 2.22. The van der Waals surface area contributed by atoms with Gasteiger partial charge in [-0.05, 0) is 25.0 Å². The van der Waals surface area contributed by atoms with Crippen molar-refractivity contribution >= 4 is 17.6 Å². The maximum absolute atomic E-state index is 11.8. The minimum Gasteiger partial charge on any atom is -0.463 e. The maximum atomic E-state index is 11.8. The van der Waals surface area contributed by atoms with Crippen LogP contribution in [-0.4, -0.2) is 24.6 Å². The predicted molar refractivity (Wildman–Crippen MR) is 71.4 cm³/mol. The lowest BCUT2D eigenvalue weighted by molar-refractivity contribution is -0.167. The Morgan fingerprint density at radius 3 is 2.53 bits per heavy atom. The zero-order chi connectivity index (χ0) is 14.3. The molecule has 0 aliphatic heterocycles. The fraction of sp³-hybridized carbons (Fsp3) is 0.429. The molecule has 1 unspecified atom stereocenters. The van der Waals surface area contributed by atoms with Crippen molar-refractivity contribution in [1.29, 1.82) is 0 Å². The van der Waals surface area contributed by atoms with Crippen LogP contribution in [0.25, 0.3) is 0 Å². The summed E-state index contributed by atoms with van der Waals surface area (Å²) in [5, 5.41) is 0. The number of hydrogen-bond donors (Lipinski definition) is 1. The number of ether oxygens (including phenoxy) is 2. The Hall–Kier alpha value is -2.04. The zero-order valence-electron chi connectivity index (χ0n) is 11.2. The van der Waals surface area contributed by atoms with Crippen molar-refractivity contribution in [2.75, 3.05) is 12.3 Å². The van der Waals surface area contributed by atoms with Crippen molar-refractivity contribution in [2.45, 2.75) is 32.8 Å². The Morgan fingerprint density at radius 1 is 1.26 bits per heavy atom. The number of para-hydroxylation sites is 1. The summed E-state index contributed by atoms with van der Waals surface area (Å²) in [5.41, 5.74) is 6.96. The molecule has 1 aromatic carbocycles. The van der Waals surface area contributed by atoms with Crippen LogP contribution in [0.15, 0.2) is 24.3 Å². The van der Waals surface area contributed by atoms with E-state index in [0.29, 0.717) is 17.7 Å². The molecule has 1 atom stereocenters. The van der Waals surface area contributed by atoms with Crippen LogP contribution < -0.4 is 5.73 Å². The second-order valence-corrected chi connectivity index (χ2v) is 4.01.